The molecule has 1 aliphatic heterocycles. The fourth-order valence-corrected chi connectivity index (χ4v) is 4.44. The molecule has 1 fully saturated rings. The van der Waals surface area contributed by atoms with Gasteiger partial charge in [0.05, 0.1) is 11.4 Å². The third kappa shape index (κ3) is 4.05. The second kappa shape index (κ2) is 8.78. The Kier molecular flexibility index (Phi) is 5.52. The molecule has 2 N–H and O–H groups in total. The van der Waals surface area contributed by atoms with Gasteiger partial charge in [0, 0.05) is 24.8 Å². The first kappa shape index (κ1) is 20.8. The minimum atomic E-state index is -0.0421. The standard InChI is InChI=1S/C26H25N5O2/c1-2-23(32)30-14-6-7-19(15-30)31-16-22(24-25(27)28-17-29-26(24)31)18-10-12-21(13-11-18)33-20-8-4-3-5-9-20/h2-5,8-13,16-17,19H,1,6-7,14-15H2,(H2,27,28,29)/t19-/m0/s1. The summed E-state index contributed by atoms with van der Waals surface area (Å²) in [5.41, 5.74) is 9.03. The third-order valence-electron chi connectivity index (χ3n) is 6.06. The highest BCUT2D eigenvalue weighted by atomic mass is 16.5. The molecule has 0 radical (unpaired) electrons. The Morgan fingerprint density at radius 1 is 1.09 bits per heavy atom. The fraction of sp³-hybridized carbons (Fsp3) is 0.192. The number of hydrogen-bond donors (Lipinski definition) is 1. The normalized spacial score (nSPS) is 16.0. The summed E-state index contributed by atoms with van der Waals surface area (Å²) < 4.78 is 8.06. The van der Waals surface area contributed by atoms with Gasteiger partial charge in [0.2, 0.25) is 5.91 Å². The number of nitrogen functional groups attached to an aromatic ring is 1. The highest BCUT2D eigenvalue weighted by Crippen LogP contribution is 2.37. The maximum atomic E-state index is 12.2. The minimum Gasteiger partial charge on any atom is -0.457 e. The van der Waals surface area contributed by atoms with Crippen LogP contribution in [0.5, 0.6) is 11.5 Å². The van der Waals surface area contributed by atoms with Crippen molar-refractivity contribution in [2.75, 3.05) is 18.8 Å². The summed E-state index contributed by atoms with van der Waals surface area (Å²) in [6.45, 7) is 4.98. The molecule has 0 aliphatic carbocycles. The average molecular weight is 440 g/mol. The van der Waals surface area contributed by atoms with Crippen molar-refractivity contribution in [2.24, 2.45) is 0 Å². The summed E-state index contributed by atoms with van der Waals surface area (Å²) in [6, 6.07) is 17.7. The molecule has 1 saturated heterocycles. The van der Waals surface area contributed by atoms with Crippen molar-refractivity contribution in [1.29, 1.82) is 0 Å². The summed E-state index contributed by atoms with van der Waals surface area (Å²) in [5.74, 6) is 1.94. The topological polar surface area (TPSA) is 86.3 Å². The fourth-order valence-electron chi connectivity index (χ4n) is 4.44. The van der Waals surface area contributed by atoms with Gasteiger partial charge >= 0.3 is 0 Å². The lowest BCUT2D eigenvalue weighted by atomic mass is 10.1. The molecular formula is C26H25N5O2. The summed E-state index contributed by atoms with van der Waals surface area (Å²) in [7, 11) is 0. The summed E-state index contributed by atoms with van der Waals surface area (Å²) in [5, 5.41) is 0.821. The average Bonchev–Trinajstić information content (AvgIpc) is 3.26. The van der Waals surface area contributed by atoms with Crippen LogP contribution in [-0.4, -0.2) is 38.4 Å². The monoisotopic (exact) mass is 439 g/mol. The highest BCUT2D eigenvalue weighted by molar-refractivity contribution is 6.00. The van der Waals surface area contributed by atoms with E-state index < -0.39 is 0 Å². The Morgan fingerprint density at radius 2 is 1.85 bits per heavy atom. The molecule has 2 aromatic heterocycles. The Morgan fingerprint density at radius 3 is 2.61 bits per heavy atom. The van der Waals surface area contributed by atoms with Crippen LogP contribution in [0.2, 0.25) is 0 Å². The van der Waals surface area contributed by atoms with Gasteiger partial charge < -0.3 is 19.9 Å². The van der Waals surface area contributed by atoms with Crippen LogP contribution in [0.4, 0.5) is 5.82 Å². The molecule has 0 spiro atoms. The van der Waals surface area contributed by atoms with Crippen molar-refractivity contribution in [3.63, 3.8) is 0 Å². The number of nitrogens with zero attached hydrogens (tertiary/aromatic N) is 4. The van der Waals surface area contributed by atoms with Crippen molar-refractivity contribution in [1.82, 2.24) is 19.4 Å². The predicted molar refractivity (Wildman–Crippen MR) is 129 cm³/mol. The lowest BCUT2D eigenvalue weighted by Crippen LogP contribution is -2.39. The predicted octanol–water partition coefficient (Wildman–Crippen LogP) is 4.82. The quantitative estimate of drug-likeness (QED) is 0.451. The van der Waals surface area contributed by atoms with E-state index in [1.807, 2.05) is 59.5 Å². The molecule has 4 aromatic rings. The van der Waals surface area contributed by atoms with Gasteiger partial charge in [-0.15, -0.1) is 0 Å². The zero-order valence-corrected chi connectivity index (χ0v) is 18.2. The second-order valence-corrected chi connectivity index (χ2v) is 8.13. The van der Waals surface area contributed by atoms with Gasteiger partial charge in [-0.25, -0.2) is 9.97 Å². The number of likely N-dealkylation sites (tertiary alicyclic amines) is 1. The number of rotatable bonds is 5. The van der Waals surface area contributed by atoms with E-state index in [2.05, 4.69) is 27.3 Å². The van der Waals surface area contributed by atoms with Crippen LogP contribution in [-0.2, 0) is 4.79 Å². The molecule has 33 heavy (non-hydrogen) atoms. The Hall–Kier alpha value is -4.13. The van der Waals surface area contributed by atoms with Crippen molar-refractivity contribution in [3.05, 3.63) is 79.8 Å². The van der Waals surface area contributed by atoms with Gasteiger partial charge in [0.15, 0.2) is 0 Å². The van der Waals surface area contributed by atoms with Crippen LogP contribution in [0.15, 0.2) is 79.8 Å². The molecule has 2 aromatic carbocycles. The van der Waals surface area contributed by atoms with Crippen LogP contribution in [0.1, 0.15) is 18.9 Å². The molecule has 3 heterocycles. The molecule has 166 valence electrons. The number of amides is 1. The van der Waals surface area contributed by atoms with Gasteiger partial charge in [-0.2, -0.15) is 0 Å². The summed E-state index contributed by atoms with van der Waals surface area (Å²) in [6.07, 6.45) is 6.82. The number of piperidine rings is 1. The summed E-state index contributed by atoms with van der Waals surface area (Å²) >= 11 is 0. The second-order valence-electron chi connectivity index (χ2n) is 8.13. The summed E-state index contributed by atoms with van der Waals surface area (Å²) in [4.78, 5) is 22.8. The van der Waals surface area contributed by atoms with Crippen molar-refractivity contribution < 1.29 is 9.53 Å². The molecule has 0 bridgehead atoms. The number of ether oxygens (including phenoxy) is 1. The van der Waals surface area contributed by atoms with Crippen molar-refractivity contribution >= 4 is 22.8 Å². The molecule has 7 heteroatoms. The highest BCUT2D eigenvalue weighted by Gasteiger charge is 2.26. The Bertz CT molecular complexity index is 1300. The van der Waals surface area contributed by atoms with E-state index in [0.29, 0.717) is 12.4 Å². The van der Waals surface area contributed by atoms with Crippen molar-refractivity contribution in [3.8, 4) is 22.6 Å². The van der Waals surface area contributed by atoms with Gasteiger partial charge in [-0.1, -0.05) is 36.9 Å². The number of aromatic nitrogens is 3. The molecular weight excluding hydrogens is 414 g/mol. The smallest absolute Gasteiger partial charge is 0.246 e. The first-order valence-electron chi connectivity index (χ1n) is 11.0. The number of carbonyl (C=O) groups excluding carboxylic acids is 1. The van der Waals surface area contributed by atoms with Crippen LogP contribution in [0, 0.1) is 0 Å². The SMILES string of the molecule is C=CC(=O)N1CCC[C@H](n2cc(-c3ccc(Oc4ccccc4)cc3)c3c(N)ncnc32)C1. The Labute approximate surface area is 192 Å². The molecule has 5 rings (SSSR count). The number of hydrogen-bond acceptors (Lipinski definition) is 5. The molecule has 0 saturated carbocycles. The van der Waals surface area contributed by atoms with E-state index >= 15 is 0 Å². The maximum absolute atomic E-state index is 12.2. The lowest BCUT2D eigenvalue weighted by Gasteiger charge is -2.33. The molecule has 0 unspecified atom stereocenters. The van der Waals surface area contributed by atoms with Crippen molar-refractivity contribution in [2.45, 2.75) is 18.9 Å². The van der Waals surface area contributed by atoms with Gasteiger partial charge in [0.25, 0.3) is 0 Å². The van der Waals surface area contributed by atoms with E-state index in [1.165, 1.54) is 12.4 Å². The lowest BCUT2D eigenvalue weighted by molar-refractivity contribution is -0.127. The maximum Gasteiger partial charge on any atom is 0.246 e. The zero-order valence-electron chi connectivity index (χ0n) is 18.2. The number of carbonyl (C=O) groups is 1. The van der Waals surface area contributed by atoms with E-state index in [9.17, 15) is 4.79 Å². The molecule has 1 atom stereocenters. The molecule has 1 amide bonds. The largest absolute Gasteiger partial charge is 0.457 e. The number of benzene rings is 2. The van der Waals surface area contributed by atoms with Gasteiger partial charge in [-0.3, -0.25) is 4.79 Å². The number of nitrogens with two attached hydrogens (primary N) is 1. The van der Waals surface area contributed by atoms with E-state index in [4.69, 9.17) is 10.5 Å². The van der Waals surface area contributed by atoms with E-state index in [0.717, 1.165) is 53.0 Å². The van der Waals surface area contributed by atoms with Gasteiger partial charge in [-0.05, 0) is 48.7 Å². The minimum absolute atomic E-state index is 0.0421. The van der Waals surface area contributed by atoms with Crippen LogP contribution in [0.3, 0.4) is 0 Å². The van der Waals surface area contributed by atoms with E-state index in [1.54, 1.807) is 0 Å². The molecule has 1 aliphatic rings. The van der Waals surface area contributed by atoms with Crippen LogP contribution in [0.25, 0.3) is 22.2 Å². The zero-order chi connectivity index (χ0) is 22.8. The first-order chi connectivity index (χ1) is 16.1. The number of anilines is 1. The third-order valence-corrected chi connectivity index (χ3v) is 6.06. The molecule has 7 nitrogen and oxygen atoms in total. The van der Waals surface area contributed by atoms with E-state index in [-0.39, 0.29) is 11.9 Å². The number of fused-ring (bicyclic) bond motifs is 1. The van der Waals surface area contributed by atoms with Crippen LogP contribution >= 0.6 is 0 Å². The number of para-hydroxylation sites is 1. The van der Waals surface area contributed by atoms with Crippen LogP contribution < -0.4 is 10.5 Å². The Balaban J connectivity index is 1.50. The first-order valence-corrected chi connectivity index (χ1v) is 11.0. The van der Waals surface area contributed by atoms with Gasteiger partial charge in [0.1, 0.15) is 29.3 Å².